The molecule has 13 heavy (non-hydrogen) atoms. The predicted molar refractivity (Wildman–Crippen MR) is 46.7 cm³/mol. The summed E-state index contributed by atoms with van der Waals surface area (Å²) in [4.78, 5) is 0. The molecule has 5 heteroatoms. The molecule has 3 nitrogen and oxygen atoms in total. The lowest BCUT2D eigenvalue weighted by atomic mass is 10.3. The van der Waals surface area contributed by atoms with Gasteiger partial charge in [-0.15, -0.1) is 0 Å². The first-order valence-corrected chi connectivity index (χ1v) is 5.59. The molecular formula is C8H9FO3S. The van der Waals surface area contributed by atoms with E-state index in [0.29, 0.717) is 0 Å². The largest absolute Gasteiger partial charge is 0.478 e. The number of hydrogen-bond acceptors (Lipinski definition) is 3. The van der Waals surface area contributed by atoms with E-state index in [0.717, 1.165) is 12.3 Å². The van der Waals surface area contributed by atoms with E-state index < -0.39 is 21.6 Å². The van der Waals surface area contributed by atoms with Gasteiger partial charge in [-0.25, -0.2) is 12.8 Å². The van der Waals surface area contributed by atoms with Crippen molar-refractivity contribution >= 4 is 9.84 Å². The number of halogens is 1. The van der Waals surface area contributed by atoms with E-state index >= 15 is 0 Å². The van der Waals surface area contributed by atoms with Crippen molar-refractivity contribution in [1.29, 1.82) is 0 Å². The maximum Gasteiger partial charge on any atom is 0.188 e. The minimum Gasteiger partial charge on any atom is -0.478 e. The predicted octanol–water partition coefficient (Wildman–Crippen LogP) is 1.21. The van der Waals surface area contributed by atoms with Crippen LogP contribution in [0.15, 0.2) is 24.3 Å². The first-order chi connectivity index (χ1) is 5.97. The number of rotatable bonds is 3. The summed E-state index contributed by atoms with van der Waals surface area (Å²) in [5.41, 5.74) is 0. The molecule has 0 bridgehead atoms. The molecule has 0 radical (unpaired) electrons. The van der Waals surface area contributed by atoms with Gasteiger partial charge in [-0.2, -0.15) is 0 Å². The Hall–Kier alpha value is -1.10. The summed E-state index contributed by atoms with van der Waals surface area (Å²) in [5.74, 6) is -0.673. The molecule has 0 aliphatic rings. The highest BCUT2D eigenvalue weighted by Gasteiger charge is 2.03. The average molecular weight is 204 g/mol. The van der Waals surface area contributed by atoms with Crippen molar-refractivity contribution in [2.75, 3.05) is 12.2 Å². The highest BCUT2D eigenvalue weighted by atomic mass is 32.2. The number of sulfone groups is 1. The minimum absolute atomic E-state index is 0.213. The molecular weight excluding hydrogens is 195 g/mol. The highest BCUT2D eigenvalue weighted by molar-refractivity contribution is 7.90. The lowest BCUT2D eigenvalue weighted by molar-refractivity contribution is 0.375. The molecule has 0 heterocycles. The zero-order valence-corrected chi connectivity index (χ0v) is 7.84. The van der Waals surface area contributed by atoms with Crippen molar-refractivity contribution in [1.82, 2.24) is 0 Å². The molecule has 0 unspecified atom stereocenters. The summed E-state index contributed by atoms with van der Waals surface area (Å²) < 4.78 is 38.7. The maximum absolute atomic E-state index is 12.6. The average Bonchev–Trinajstić information content (AvgIpc) is 2.00. The molecule has 0 atom stereocenters. The molecule has 72 valence electrons. The smallest absolute Gasteiger partial charge is 0.188 e. The van der Waals surface area contributed by atoms with Crippen LogP contribution in [0.2, 0.25) is 0 Å². The number of benzene rings is 1. The van der Waals surface area contributed by atoms with Gasteiger partial charge < -0.3 is 4.74 Å². The van der Waals surface area contributed by atoms with Crippen LogP contribution >= 0.6 is 0 Å². The zero-order chi connectivity index (χ0) is 9.90. The molecule has 0 aliphatic carbocycles. The van der Waals surface area contributed by atoms with Gasteiger partial charge in [0.15, 0.2) is 15.8 Å². The fourth-order valence-corrected chi connectivity index (χ4v) is 1.08. The third kappa shape index (κ3) is 3.89. The molecule has 1 rings (SSSR count). The van der Waals surface area contributed by atoms with Crippen LogP contribution < -0.4 is 4.74 Å². The van der Waals surface area contributed by atoms with Gasteiger partial charge in [0.2, 0.25) is 0 Å². The van der Waals surface area contributed by atoms with Crippen LogP contribution in [0.4, 0.5) is 4.39 Å². The molecule has 0 aromatic heterocycles. The topological polar surface area (TPSA) is 43.4 Å². The van der Waals surface area contributed by atoms with Gasteiger partial charge in [0.25, 0.3) is 0 Å². The first-order valence-electron chi connectivity index (χ1n) is 3.53. The van der Waals surface area contributed by atoms with Crippen LogP contribution in [0.1, 0.15) is 0 Å². The quantitative estimate of drug-likeness (QED) is 0.743. The second-order valence-electron chi connectivity index (χ2n) is 2.65. The van der Waals surface area contributed by atoms with E-state index in [4.69, 9.17) is 4.74 Å². The van der Waals surface area contributed by atoms with Crippen molar-refractivity contribution in [2.24, 2.45) is 0 Å². The van der Waals surface area contributed by atoms with E-state index in [2.05, 4.69) is 0 Å². The number of ether oxygens (including phenoxy) is 1. The Morgan fingerprint density at radius 1 is 1.46 bits per heavy atom. The molecule has 0 spiro atoms. The monoisotopic (exact) mass is 204 g/mol. The van der Waals surface area contributed by atoms with Gasteiger partial charge in [-0.05, 0) is 12.1 Å². The van der Waals surface area contributed by atoms with Crippen molar-refractivity contribution in [3.05, 3.63) is 30.1 Å². The standard InChI is InChI=1S/C8H9FO3S/c1-13(10,11)6-12-8-4-2-3-7(9)5-8/h2-5H,6H2,1H3. The van der Waals surface area contributed by atoms with Crippen LogP contribution in [-0.4, -0.2) is 20.6 Å². The third-order valence-electron chi connectivity index (χ3n) is 1.24. The Morgan fingerprint density at radius 2 is 2.15 bits per heavy atom. The van der Waals surface area contributed by atoms with Crippen LogP contribution in [0.25, 0.3) is 0 Å². The maximum atomic E-state index is 12.6. The summed E-state index contributed by atoms with van der Waals surface area (Å²) >= 11 is 0. The summed E-state index contributed by atoms with van der Waals surface area (Å²) in [5, 5.41) is 0. The second-order valence-corrected chi connectivity index (χ2v) is 4.73. The molecule has 0 saturated carbocycles. The Balaban J connectivity index is 2.65. The normalized spacial score (nSPS) is 11.2. The van der Waals surface area contributed by atoms with Crippen molar-refractivity contribution < 1.29 is 17.5 Å². The number of hydrogen-bond donors (Lipinski definition) is 0. The SMILES string of the molecule is CS(=O)(=O)COc1cccc(F)c1. The lowest BCUT2D eigenvalue weighted by Crippen LogP contribution is -2.09. The Kier molecular flexibility index (Phi) is 2.87. The summed E-state index contributed by atoms with van der Waals surface area (Å²) in [7, 11) is -3.18. The Bertz CT molecular complexity index is 386. The fraction of sp³-hybridized carbons (Fsp3) is 0.250. The third-order valence-corrected chi connectivity index (χ3v) is 1.78. The lowest BCUT2D eigenvalue weighted by Gasteiger charge is -2.03. The molecule has 0 saturated heterocycles. The van der Waals surface area contributed by atoms with Gasteiger partial charge in [-0.3, -0.25) is 0 Å². The van der Waals surface area contributed by atoms with Gasteiger partial charge in [0.1, 0.15) is 11.6 Å². The Morgan fingerprint density at radius 3 is 2.69 bits per heavy atom. The highest BCUT2D eigenvalue weighted by Crippen LogP contribution is 2.11. The van der Waals surface area contributed by atoms with E-state index in [1.807, 2.05) is 0 Å². The first kappa shape index (κ1) is 9.98. The van der Waals surface area contributed by atoms with Crippen LogP contribution in [0.5, 0.6) is 5.75 Å². The molecule has 0 N–H and O–H groups in total. The van der Waals surface area contributed by atoms with Gasteiger partial charge in [0, 0.05) is 12.3 Å². The van der Waals surface area contributed by atoms with E-state index in [1.54, 1.807) is 0 Å². The molecule has 0 aliphatic heterocycles. The molecule has 0 fully saturated rings. The zero-order valence-electron chi connectivity index (χ0n) is 7.03. The van der Waals surface area contributed by atoms with E-state index in [1.165, 1.54) is 18.2 Å². The van der Waals surface area contributed by atoms with Crippen molar-refractivity contribution in [3.8, 4) is 5.75 Å². The Labute approximate surface area is 76.1 Å². The van der Waals surface area contributed by atoms with Crippen LogP contribution in [0, 0.1) is 5.82 Å². The molecule has 1 aromatic rings. The minimum atomic E-state index is -3.18. The van der Waals surface area contributed by atoms with Crippen molar-refractivity contribution in [2.45, 2.75) is 0 Å². The van der Waals surface area contributed by atoms with E-state index in [-0.39, 0.29) is 5.75 Å². The van der Waals surface area contributed by atoms with Gasteiger partial charge >= 0.3 is 0 Å². The summed E-state index contributed by atoms with van der Waals surface area (Å²) in [6, 6.07) is 5.33. The second kappa shape index (κ2) is 3.74. The van der Waals surface area contributed by atoms with E-state index in [9.17, 15) is 12.8 Å². The van der Waals surface area contributed by atoms with Gasteiger partial charge in [-0.1, -0.05) is 6.07 Å². The fourth-order valence-electron chi connectivity index (χ4n) is 0.732. The summed E-state index contributed by atoms with van der Waals surface area (Å²) in [6.45, 7) is 0. The van der Waals surface area contributed by atoms with Crippen LogP contribution in [-0.2, 0) is 9.84 Å². The van der Waals surface area contributed by atoms with Crippen molar-refractivity contribution in [3.63, 3.8) is 0 Å². The van der Waals surface area contributed by atoms with Crippen LogP contribution in [0.3, 0.4) is 0 Å². The molecule has 0 amide bonds. The molecule has 1 aromatic carbocycles. The summed E-state index contributed by atoms with van der Waals surface area (Å²) in [6.07, 6.45) is 1.05. The van der Waals surface area contributed by atoms with Gasteiger partial charge in [0.05, 0.1) is 0 Å².